The van der Waals surface area contributed by atoms with Crippen LogP contribution >= 0.6 is 23.1 Å². The topological polar surface area (TPSA) is 12.0 Å². The third kappa shape index (κ3) is 1.77. The molecule has 1 aliphatic carbocycles. The van der Waals surface area contributed by atoms with Crippen molar-refractivity contribution in [1.29, 1.82) is 0 Å². The van der Waals surface area contributed by atoms with Gasteiger partial charge in [-0.15, -0.1) is 0 Å². The van der Waals surface area contributed by atoms with E-state index in [2.05, 4.69) is 28.4 Å². The van der Waals surface area contributed by atoms with E-state index in [1.54, 1.807) is 11.3 Å². The summed E-state index contributed by atoms with van der Waals surface area (Å²) in [5, 5.41) is 7.74. The molecule has 1 N–H and O–H groups in total. The van der Waals surface area contributed by atoms with Gasteiger partial charge in [-0.05, 0) is 30.5 Å². The Bertz CT molecular complexity index is 239. The van der Waals surface area contributed by atoms with Crippen LogP contribution in [0.2, 0.25) is 0 Å². The van der Waals surface area contributed by atoms with Crippen LogP contribution in [0.1, 0.15) is 12.8 Å². The Hall–Kier alpha value is -0.150. The second-order valence-corrected chi connectivity index (χ2v) is 5.31. The molecule has 1 aromatic heterocycles. The summed E-state index contributed by atoms with van der Waals surface area (Å²) in [5.41, 5.74) is 1.28. The van der Waals surface area contributed by atoms with Gasteiger partial charge in [-0.3, -0.25) is 0 Å². The maximum absolute atomic E-state index is 3.47. The van der Waals surface area contributed by atoms with Gasteiger partial charge in [0.05, 0.1) is 0 Å². The molecule has 1 fully saturated rings. The van der Waals surface area contributed by atoms with Gasteiger partial charge in [0.1, 0.15) is 0 Å². The molecule has 0 radical (unpaired) electrons. The van der Waals surface area contributed by atoms with Crippen molar-refractivity contribution in [3.8, 4) is 0 Å². The molecule has 1 heterocycles. The molecule has 1 aliphatic rings. The van der Waals surface area contributed by atoms with Gasteiger partial charge < -0.3 is 5.32 Å². The van der Waals surface area contributed by atoms with Gasteiger partial charge in [0, 0.05) is 22.4 Å². The minimum absolute atomic E-state index is 0.571. The Morgan fingerprint density at radius 1 is 1.67 bits per heavy atom. The lowest BCUT2D eigenvalue weighted by molar-refractivity contribution is 0.950. The highest BCUT2D eigenvalue weighted by molar-refractivity contribution is 8.00. The first kappa shape index (κ1) is 8.45. The fraction of sp³-hybridized carbons (Fsp3) is 0.556. The molecule has 12 heavy (non-hydrogen) atoms. The Morgan fingerprint density at radius 2 is 2.50 bits per heavy atom. The van der Waals surface area contributed by atoms with Gasteiger partial charge in [0.15, 0.2) is 0 Å². The summed E-state index contributed by atoms with van der Waals surface area (Å²) < 4.78 is 0.571. The first-order valence-corrected chi connectivity index (χ1v) is 6.33. The Kier molecular flexibility index (Phi) is 2.33. The van der Waals surface area contributed by atoms with Crippen LogP contribution < -0.4 is 5.32 Å². The molecule has 1 nitrogen and oxygen atoms in total. The molecule has 3 heteroatoms. The molecule has 0 aliphatic heterocycles. The van der Waals surface area contributed by atoms with Crippen LogP contribution in [0, 0.1) is 0 Å². The predicted molar refractivity (Wildman–Crippen MR) is 58.3 cm³/mol. The fourth-order valence-corrected chi connectivity index (χ4v) is 2.56. The molecule has 66 valence electrons. The molecule has 0 amide bonds. The molecular formula is C9H13NS2. The van der Waals surface area contributed by atoms with Crippen molar-refractivity contribution in [2.24, 2.45) is 0 Å². The Morgan fingerprint density at radius 3 is 3.00 bits per heavy atom. The molecule has 0 atom stereocenters. The largest absolute Gasteiger partial charge is 0.383 e. The second-order valence-electron chi connectivity index (χ2n) is 3.25. The predicted octanol–water partition coefficient (Wildman–Crippen LogP) is 3.06. The van der Waals surface area contributed by atoms with E-state index >= 15 is 0 Å². The van der Waals surface area contributed by atoms with Crippen LogP contribution in [0.5, 0.6) is 0 Å². The quantitative estimate of drug-likeness (QED) is 0.800. The van der Waals surface area contributed by atoms with Crippen molar-refractivity contribution in [1.82, 2.24) is 0 Å². The summed E-state index contributed by atoms with van der Waals surface area (Å²) in [5.74, 6) is 0. The zero-order chi connectivity index (χ0) is 8.44. The number of rotatable bonds is 4. The van der Waals surface area contributed by atoms with Crippen LogP contribution in [0.4, 0.5) is 5.69 Å². The van der Waals surface area contributed by atoms with E-state index in [4.69, 9.17) is 0 Å². The van der Waals surface area contributed by atoms with Crippen molar-refractivity contribution >= 4 is 28.8 Å². The highest BCUT2D eigenvalue weighted by atomic mass is 32.2. The zero-order valence-corrected chi connectivity index (χ0v) is 8.80. The standard InChI is InChI=1S/C9H13NS2/c1-11-9(3-4-9)7-10-8-2-5-12-6-8/h2,5-6,10H,3-4,7H2,1H3. The lowest BCUT2D eigenvalue weighted by atomic mass is 10.4. The fourth-order valence-electron chi connectivity index (χ4n) is 1.22. The average Bonchev–Trinajstić information content (AvgIpc) is 2.70. The first-order chi connectivity index (χ1) is 5.85. The van der Waals surface area contributed by atoms with E-state index in [0.29, 0.717) is 4.75 Å². The summed E-state index contributed by atoms with van der Waals surface area (Å²) in [7, 11) is 0. The molecule has 0 bridgehead atoms. The van der Waals surface area contributed by atoms with Crippen LogP contribution in [-0.2, 0) is 0 Å². The van der Waals surface area contributed by atoms with Gasteiger partial charge >= 0.3 is 0 Å². The molecule has 1 aromatic rings. The van der Waals surface area contributed by atoms with Crippen molar-refractivity contribution < 1.29 is 0 Å². The van der Waals surface area contributed by atoms with Gasteiger partial charge in [0.2, 0.25) is 0 Å². The van der Waals surface area contributed by atoms with Crippen molar-refractivity contribution in [3.05, 3.63) is 16.8 Å². The van der Waals surface area contributed by atoms with E-state index in [1.807, 2.05) is 11.8 Å². The first-order valence-electron chi connectivity index (χ1n) is 4.16. The van der Waals surface area contributed by atoms with Gasteiger partial charge in [-0.25, -0.2) is 0 Å². The highest BCUT2D eigenvalue weighted by Gasteiger charge is 2.41. The lowest BCUT2D eigenvalue weighted by Crippen LogP contribution is -2.16. The minimum atomic E-state index is 0.571. The number of thiophene rings is 1. The molecule has 0 aromatic carbocycles. The summed E-state index contributed by atoms with van der Waals surface area (Å²) in [6.45, 7) is 1.13. The monoisotopic (exact) mass is 199 g/mol. The SMILES string of the molecule is CSC1(CNc2ccsc2)CC1. The van der Waals surface area contributed by atoms with E-state index in [1.165, 1.54) is 18.5 Å². The third-order valence-electron chi connectivity index (χ3n) is 2.38. The van der Waals surface area contributed by atoms with Crippen LogP contribution in [0.15, 0.2) is 16.8 Å². The molecule has 0 saturated heterocycles. The Balaban J connectivity index is 1.83. The maximum atomic E-state index is 3.47. The number of hydrogen-bond donors (Lipinski definition) is 1. The molecular weight excluding hydrogens is 186 g/mol. The van der Waals surface area contributed by atoms with Gasteiger partial charge in [-0.2, -0.15) is 23.1 Å². The van der Waals surface area contributed by atoms with Crippen molar-refractivity contribution in [2.75, 3.05) is 18.1 Å². The Labute approximate surface area is 81.6 Å². The smallest absolute Gasteiger partial charge is 0.0449 e. The number of anilines is 1. The van der Waals surface area contributed by atoms with E-state index in [9.17, 15) is 0 Å². The van der Waals surface area contributed by atoms with Crippen LogP contribution in [-0.4, -0.2) is 17.5 Å². The summed E-state index contributed by atoms with van der Waals surface area (Å²) >= 11 is 3.75. The number of hydrogen-bond acceptors (Lipinski definition) is 3. The lowest BCUT2D eigenvalue weighted by Gasteiger charge is -2.12. The van der Waals surface area contributed by atoms with Crippen molar-refractivity contribution in [3.63, 3.8) is 0 Å². The molecule has 0 spiro atoms. The molecule has 0 unspecified atom stereocenters. The van der Waals surface area contributed by atoms with Crippen molar-refractivity contribution in [2.45, 2.75) is 17.6 Å². The van der Waals surface area contributed by atoms with Crippen LogP contribution in [0.3, 0.4) is 0 Å². The van der Waals surface area contributed by atoms with Crippen LogP contribution in [0.25, 0.3) is 0 Å². The molecule has 1 saturated carbocycles. The maximum Gasteiger partial charge on any atom is 0.0449 e. The number of thioether (sulfide) groups is 1. The zero-order valence-electron chi connectivity index (χ0n) is 7.17. The van der Waals surface area contributed by atoms with E-state index in [-0.39, 0.29) is 0 Å². The minimum Gasteiger partial charge on any atom is -0.383 e. The average molecular weight is 199 g/mol. The second kappa shape index (κ2) is 3.30. The van der Waals surface area contributed by atoms with E-state index in [0.717, 1.165) is 6.54 Å². The van der Waals surface area contributed by atoms with Gasteiger partial charge in [0.25, 0.3) is 0 Å². The van der Waals surface area contributed by atoms with Gasteiger partial charge in [-0.1, -0.05) is 0 Å². The van der Waals surface area contributed by atoms with E-state index < -0.39 is 0 Å². The third-order valence-corrected chi connectivity index (χ3v) is 4.48. The number of nitrogens with one attached hydrogen (secondary N) is 1. The highest BCUT2D eigenvalue weighted by Crippen LogP contribution is 2.47. The summed E-state index contributed by atoms with van der Waals surface area (Å²) in [4.78, 5) is 0. The molecule has 2 rings (SSSR count). The normalized spacial score (nSPS) is 19.1. The summed E-state index contributed by atoms with van der Waals surface area (Å²) in [6, 6.07) is 2.14. The summed E-state index contributed by atoms with van der Waals surface area (Å²) in [6.07, 6.45) is 4.97.